The minimum Gasteiger partial charge on any atom is -0.462 e. The van der Waals surface area contributed by atoms with E-state index in [9.17, 15) is 9.59 Å². The lowest BCUT2D eigenvalue weighted by atomic mass is 9.92. The van der Waals surface area contributed by atoms with Gasteiger partial charge in [0.15, 0.2) is 6.29 Å². The van der Waals surface area contributed by atoms with Gasteiger partial charge in [0, 0.05) is 5.92 Å². The Kier molecular flexibility index (Phi) is 25.0. The third-order valence-electron chi connectivity index (χ3n) is 9.78. The summed E-state index contributed by atoms with van der Waals surface area (Å²) in [6.45, 7) is 10.7. The Morgan fingerprint density at radius 1 is 0.592 bits per heavy atom. The van der Waals surface area contributed by atoms with Crippen molar-refractivity contribution in [3.05, 3.63) is 41.0 Å². The van der Waals surface area contributed by atoms with Crippen LogP contribution in [0.3, 0.4) is 0 Å². The number of hydrogen-bond acceptors (Lipinski definition) is 6. The molecule has 1 aliphatic rings. The zero-order chi connectivity index (χ0) is 35.4. The number of ether oxygens (including phenoxy) is 4. The Balaban J connectivity index is 2.18. The van der Waals surface area contributed by atoms with Gasteiger partial charge in [0.1, 0.15) is 0 Å². The van der Waals surface area contributed by atoms with Crippen molar-refractivity contribution in [2.45, 2.75) is 188 Å². The van der Waals surface area contributed by atoms with E-state index in [1.165, 1.54) is 89.9 Å². The maximum atomic E-state index is 13.9. The molecule has 1 aliphatic heterocycles. The fourth-order valence-corrected chi connectivity index (χ4v) is 6.56. The van der Waals surface area contributed by atoms with E-state index >= 15 is 0 Å². The van der Waals surface area contributed by atoms with Crippen LogP contribution in [0.1, 0.15) is 192 Å². The Morgan fingerprint density at radius 2 is 1.00 bits per heavy atom. The molecule has 0 spiro atoms. The summed E-state index contributed by atoms with van der Waals surface area (Å²) in [5.41, 5.74) is 2.59. The second kappa shape index (κ2) is 28.5. The molecule has 0 aliphatic carbocycles. The molecule has 6 heteroatoms. The molecular weight excluding hydrogens is 612 g/mol. The van der Waals surface area contributed by atoms with E-state index in [1.54, 1.807) is 0 Å². The normalized spacial score (nSPS) is 14.5. The van der Waals surface area contributed by atoms with Gasteiger partial charge >= 0.3 is 11.9 Å². The van der Waals surface area contributed by atoms with Crippen molar-refractivity contribution in [3.63, 3.8) is 0 Å². The van der Waals surface area contributed by atoms with Crippen molar-refractivity contribution in [1.29, 1.82) is 0 Å². The lowest BCUT2D eigenvalue weighted by Crippen LogP contribution is -2.18. The highest BCUT2D eigenvalue weighted by Crippen LogP contribution is 2.30. The van der Waals surface area contributed by atoms with Gasteiger partial charge in [0.2, 0.25) is 0 Å². The smallest absolute Gasteiger partial charge is 0.339 e. The Hall–Kier alpha value is -2.18. The number of esters is 2. The van der Waals surface area contributed by atoms with Crippen LogP contribution >= 0.6 is 0 Å². The highest BCUT2D eigenvalue weighted by atomic mass is 16.7. The molecule has 0 aromatic heterocycles. The molecule has 1 fully saturated rings. The molecule has 0 amide bonds. The van der Waals surface area contributed by atoms with Gasteiger partial charge < -0.3 is 18.9 Å². The SMILES string of the molecule is CCCCCCCCCCOC(=O)/C(CCCCCCCC)=C(\C(=O)OCCCCCCCCCC)c1ccc(C(C)C2OCCO2)cc1. The lowest BCUT2D eigenvalue weighted by Gasteiger charge is -2.19. The predicted octanol–water partition coefficient (Wildman–Crippen LogP) is 12.0. The maximum Gasteiger partial charge on any atom is 0.339 e. The van der Waals surface area contributed by atoms with Gasteiger partial charge in [-0.1, -0.05) is 174 Å². The van der Waals surface area contributed by atoms with Crippen LogP contribution in [-0.2, 0) is 28.5 Å². The van der Waals surface area contributed by atoms with Crippen LogP contribution in [0.15, 0.2) is 29.8 Å². The summed E-state index contributed by atoms with van der Waals surface area (Å²) in [6, 6.07) is 7.93. The molecule has 1 atom stereocenters. The van der Waals surface area contributed by atoms with E-state index in [0.29, 0.717) is 49.6 Å². The number of carbonyl (C=O) groups excluding carboxylic acids is 2. The molecule has 1 unspecified atom stereocenters. The van der Waals surface area contributed by atoms with E-state index in [-0.39, 0.29) is 18.2 Å². The van der Waals surface area contributed by atoms with E-state index in [2.05, 4.69) is 27.7 Å². The highest BCUT2D eigenvalue weighted by molar-refractivity contribution is 6.22. The Morgan fingerprint density at radius 3 is 1.47 bits per heavy atom. The summed E-state index contributed by atoms with van der Waals surface area (Å²) in [5, 5.41) is 0. The third-order valence-corrected chi connectivity index (χ3v) is 9.78. The van der Waals surface area contributed by atoms with Gasteiger partial charge in [-0.15, -0.1) is 0 Å². The monoisotopic (exact) mass is 685 g/mol. The first-order valence-electron chi connectivity index (χ1n) is 20.4. The Bertz CT molecular complexity index is 1010. The molecule has 49 heavy (non-hydrogen) atoms. The van der Waals surface area contributed by atoms with Crippen LogP contribution in [0, 0.1) is 0 Å². The third kappa shape index (κ3) is 18.6. The van der Waals surface area contributed by atoms with Gasteiger partial charge in [-0.3, -0.25) is 0 Å². The van der Waals surface area contributed by atoms with E-state index < -0.39 is 5.97 Å². The summed E-state index contributed by atoms with van der Waals surface area (Å²) in [6.07, 6.45) is 25.7. The summed E-state index contributed by atoms with van der Waals surface area (Å²) < 4.78 is 23.3. The van der Waals surface area contributed by atoms with E-state index in [0.717, 1.165) is 56.9 Å². The van der Waals surface area contributed by atoms with Crippen molar-refractivity contribution in [1.82, 2.24) is 0 Å². The van der Waals surface area contributed by atoms with Crippen molar-refractivity contribution >= 4 is 17.5 Å². The van der Waals surface area contributed by atoms with Crippen molar-refractivity contribution < 1.29 is 28.5 Å². The lowest BCUT2D eigenvalue weighted by molar-refractivity contribution is -0.141. The Labute approximate surface area is 300 Å². The minimum atomic E-state index is -0.420. The van der Waals surface area contributed by atoms with Gasteiger partial charge in [0.25, 0.3) is 0 Å². The van der Waals surface area contributed by atoms with Crippen LogP contribution in [0.25, 0.3) is 5.57 Å². The fourth-order valence-electron chi connectivity index (χ4n) is 6.56. The van der Waals surface area contributed by atoms with Crippen molar-refractivity contribution in [2.75, 3.05) is 26.4 Å². The summed E-state index contributed by atoms with van der Waals surface area (Å²) in [5.74, 6) is -0.742. The van der Waals surface area contributed by atoms with Crippen LogP contribution < -0.4 is 0 Å². The molecule has 280 valence electrons. The topological polar surface area (TPSA) is 71.1 Å². The molecule has 1 aromatic carbocycles. The van der Waals surface area contributed by atoms with E-state index in [1.807, 2.05) is 24.3 Å². The number of hydrogen-bond donors (Lipinski definition) is 0. The fraction of sp³-hybridized carbons (Fsp3) is 0.767. The standard InChI is InChI=1S/C43H72O6/c1-5-8-11-14-17-19-22-25-32-46-41(44)39(27-24-21-16-13-10-7-3)40(42(45)47-33-26-23-20-18-15-12-9-6-2)38-30-28-37(29-31-38)36(4)43-48-34-35-49-43/h28-31,36,43H,5-27,32-35H2,1-4H3/b40-39-. The number of unbranched alkanes of at least 4 members (excludes halogenated alkanes) is 19. The molecular formula is C43H72O6. The zero-order valence-corrected chi connectivity index (χ0v) is 32.0. The van der Waals surface area contributed by atoms with Crippen molar-refractivity contribution in [3.8, 4) is 0 Å². The summed E-state index contributed by atoms with van der Waals surface area (Å²) >= 11 is 0. The van der Waals surface area contributed by atoms with E-state index in [4.69, 9.17) is 18.9 Å². The summed E-state index contributed by atoms with van der Waals surface area (Å²) in [4.78, 5) is 27.7. The molecule has 6 nitrogen and oxygen atoms in total. The number of benzene rings is 1. The van der Waals surface area contributed by atoms with Gasteiger partial charge in [-0.2, -0.15) is 0 Å². The van der Waals surface area contributed by atoms with Crippen LogP contribution in [0.2, 0.25) is 0 Å². The van der Waals surface area contributed by atoms with Gasteiger partial charge in [-0.05, 0) is 36.8 Å². The average Bonchev–Trinajstić information content (AvgIpc) is 3.66. The number of carbonyl (C=O) groups is 2. The van der Waals surface area contributed by atoms with Crippen LogP contribution in [-0.4, -0.2) is 44.7 Å². The second-order valence-corrected chi connectivity index (χ2v) is 14.1. The summed E-state index contributed by atoms with van der Waals surface area (Å²) in [7, 11) is 0. The molecule has 1 aromatic rings. The molecule has 1 saturated heterocycles. The van der Waals surface area contributed by atoms with Crippen LogP contribution in [0.5, 0.6) is 0 Å². The molecule has 0 saturated carbocycles. The van der Waals surface area contributed by atoms with Crippen molar-refractivity contribution in [2.24, 2.45) is 0 Å². The maximum absolute atomic E-state index is 13.9. The number of rotatable bonds is 30. The average molecular weight is 685 g/mol. The second-order valence-electron chi connectivity index (χ2n) is 14.1. The van der Waals surface area contributed by atoms with Gasteiger partial charge in [-0.25, -0.2) is 9.59 Å². The molecule has 0 N–H and O–H groups in total. The van der Waals surface area contributed by atoms with Gasteiger partial charge in [0.05, 0.1) is 37.6 Å². The van der Waals surface area contributed by atoms with Crippen LogP contribution in [0.4, 0.5) is 0 Å². The molecule has 0 bridgehead atoms. The highest BCUT2D eigenvalue weighted by Gasteiger charge is 2.27. The zero-order valence-electron chi connectivity index (χ0n) is 32.0. The molecule has 0 radical (unpaired) electrons. The quantitative estimate of drug-likeness (QED) is 0.0456. The first-order chi connectivity index (χ1) is 24.0. The first kappa shape index (κ1) is 43.0. The largest absolute Gasteiger partial charge is 0.462 e. The molecule has 1 heterocycles. The molecule has 2 rings (SSSR count). The predicted molar refractivity (Wildman–Crippen MR) is 203 cm³/mol. The first-order valence-corrected chi connectivity index (χ1v) is 20.4. The minimum absolute atomic E-state index is 0.0529.